The zero-order chi connectivity index (χ0) is 11.7. The van der Waals surface area contributed by atoms with Gasteiger partial charge in [-0.05, 0) is 12.1 Å². The first kappa shape index (κ1) is 10.6. The highest BCUT2D eigenvalue weighted by Gasteiger charge is 2.24. The van der Waals surface area contributed by atoms with E-state index in [0.717, 1.165) is 12.4 Å². The van der Waals surface area contributed by atoms with Crippen LogP contribution in [-0.4, -0.2) is 28.7 Å². The van der Waals surface area contributed by atoms with Crippen molar-refractivity contribution >= 4 is 12.1 Å². The Balaban J connectivity index is 2.41. The summed E-state index contributed by atoms with van der Waals surface area (Å²) < 4.78 is 12.8. The molecule has 2 rings (SSSR count). The average molecular weight is 221 g/mol. The van der Waals surface area contributed by atoms with Crippen molar-refractivity contribution in [3.8, 4) is 5.75 Å². The van der Waals surface area contributed by atoms with Crippen LogP contribution in [-0.2, 0) is 0 Å². The molecular weight excluding hydrogens is 209 g/mol. The van der Waals surface area contributed by atoms with E-state index in [0.29, 0.717) is 17.8 Å². The molecule has 0 aromatic heterocycles. The molecule has 0 radical (unpaired) electrons. The van der Waals surface area contributed by atoms with E-state index < -0.39 is 5.82 Å². The zero-order valence-corrected chi connectivity index (χ0v) is 8.81. The Morgan fingerprint density at radius 2 is 2.38 bits per heavy atom. The molecule has 1 atom stereocenters. The van der Waals surface area contributed by atoms with E-state index in [9.17, 15) is 9.50 Å². The SMILES string of the molecule is C[C@@H]1CN(C=N)N=C1c1ccc(F)cc1O. The van der Waals surface area contributed by atoms with E-state index in [1.165, 1.54) is 17.1 Å². The molecule has 1 aliphatic rings. The van der Waals surface area contributed by atoms with Gasteiger partial charge in [-0.25, -0.2) is 4.39 Å². The van der Waals surface area contributed by atoms with Gasteiger partial charge in [-0.3, -0.25) is 10.4 Å². The molecule has 1 aromatic rings. The maximum Gasteiger partial charge on any atom is 0.127 e. The Bertz CT molecular complexity index is 459. The fourth-order valence-corrected chi connectivity index (χ4v) is 1.77. The maximum absolute atomic E-state index is 12.8. The van der Waals surface area contributed by atoms with Crippen LogP contribution in [0.5, 0.6) is 5.75 Å². The molecule has 4 nitrogen and oxygen atoms in total. The number of halogens is 1. The van der Waals surface area contributed by atoms with Crippen molar-refractivity contribution in [1.29, 1.82) is 5.41 Å². The molecule has 16 heavy (non-hydrogen) atoms. The Hall–Kier alpha value is -1.91. The monoisotopic (exact) mass is 221 g/mol. The van der Waals surface area contributed by atoms with Gasteiger partial charge in [0.2, 0.25) is 0 Å². The summed E-state index contributed by atoms with van der Waals surface area (Å²) in [6, 6.07) is 3.86. The van der Waals surface area contributed by atoms with Crippen LogP contribution in [0.1, 0.15) is 12.5 Å². The first-order valence-corrected chi connectivity index (χ1v) is 4.96. The van der Waals surface area contributed by atoms with Gasteiger partial charge in [0.15, 0.2) is 0 Å². The van der Waals surface area contributed by atoms with E-state index in [4.69, 9.17) is 5.41 Å². The molecule has 5 heteroatoms. The van der Waals surface area contributed by atoms with Crippen LogP contribution in [0.15, 0.2) is 23.3 Å². The molecule has 1 aliphatic heterocycles. The quantitative estimate of drug-likeness (QED) is 0.591. The summed E-state index contributed by atoms with van der Waals surface area (Å²) in [5.74, 6) is -0.480. The molecule has 0 aliphatic carbocycles. The third-order valence-electron chi connectivity index (χ3n) is 2.55. The van der Waals surface area contributed by atoms with Crippen molar-refractivity contribution in [3.63, 3.8) is 0 Å². The number of hydrazone groups is 1. The van der Waals surface area contributed by atoms with Crippen molar-refractivity contribution in [2.24, 2.45) is 11.0 Å². The van der Waals surface area contributed by atoms with Gasteiger partial charge in [0.1, 0.15) is 17.9 Å². The van der Waals surface area contributed by atoms with Gasteiger partial charge in [0, 0.05) is 17.5 Å². The minimum atomic E-state index is -0.476. The van der Waals surface area contributed by atoms with E-state index in [-0.39, 0.29) is 11.7 Å². The number of phenolic OH excluding ortho intramolecular Hbond substituents is 1. The average Bonchev–Trinajstić information content (AvgIpc) is 2.60. The van der Waals surface area contributed by atoms with E-state index >= 15 is 0 Å². The van der Waals surface area contributed by atoms with E-state index in [2.05, 4.69) is 5.10 Å². The second-order valence-electron chi connectivity index (χ2n) is 3.80. The van der Waals surface area contributed by atoms with Gasteiger partial charge in [-0.2, -0.15) is 5.10 Å². The highest BCUT2D eigenvalue weighted by Crippen LogP contribution is 2.25. The summed E-state index contributed by atoms with van der Waals surface area (Å²) in [4.78, 5) is 0. The van der Waals surface area contributed by atoms with Crippen LogP contribution in [0.25, 0.3) is 0 Å². The highest BCUT2D eigenvalue weighted by molar-refractivity contribution is 6.05. The molecule has 0 amide bonds. The Morgan fingerprint density at radius 1 is 1.62 bits per heavy atom. The Labute approximate surface area is 92.5 Å². The highest BCUT2D eigenvalue weighted by atomic mass is 19.1. The van der Waals surface area contributed by atoms with Gasteiger partial charge in [-0.1, -0.05) is 6.92 Å². The predicted octanol–water partition coefficient (Wildman–Crippen LogP) is 1.79. The fourth-order valence-electron chi connectivity index (χ4n) is 1.77. The van der Waals surface area contributed by atoms with Gasteiger partial charge >= 0.3 is 0 Å². The second-order valence-corrected chi connectivity index (χ2v) is 3.80. The summed E-state index contributed by atoms with van der Waals surface area (Å²) in [7, 11) is 0. The van der Waals surface area contributed by atoms with Gasteiger partial charge in [0.05, 0.1) is 12.3 Å². The molecule has 0 saturated carbocycles. The lowest BCUT2D eigenvalue weighted by Gasteiger charge is -2.07. The fraction of sp³-hybridized carbons (Fsp3) is 0.273. The largest absolute Gasteiger partial charge is 0.507 e. The number of rotatable bonds is 2. The van der Waals surface area contributed by atoms with Crippen molar-refractivity contribution in [1.82, 2.24) is 5.01 Å². The van der Waals surface area contributed by atoms with Crippen LogP contribution in [0, 0.1) is 17.1 Å². The predicted molar refractivity (Wildman–Crippen MR) is 59.3 cm³/mol. The van der Waals surface area contributed by atoms with Crippen molar-refractivity contribution in [3.05, 3.63) is 29.6 Å². The number of nitrogens with zero attached hydrogens (tertiary/aromatic N) is 2. The normalized spacial score (nSPS) is 19.8. The van der Waals surface area contributed by atoms with Crippen LogP contribution >= 0.6 is 0 Å². The number of phenols is 1. The Kier molecular flexibility index (Phi) is 2.60. The summed E-state index contributed by atoms with van der Waals surface area (Å²) in [5, 5.41) is 22.4. The first-order chi connectivity index (χ1) is 7.61. The summed E-state index contributed by atoms with van der Waals surface area (Å²) in [6.45, 7) is 2.56. The molecule has 0 unspecified atom stereocenters. The van der Waals surface area contributed by atoms with Crippen LogP contribution in [0.3, 0.4) is 0 Å². The number of aromatic hydroxyl groups is 1. The molecule has 0 fully saturated rings. The lowest BCUT2D eigenvalue weighted by molar-refractivity contribution is 0.466. The third-order valence-corrected chi connectivity index (χ3v) is 2.55. The minimum Gasteiger partial charge on any atom is -0.507 e. The molecule has 0 bridgehead atoms. The standard InChI is InChI=1S/C11H12FN3O/c1-7-5-15(6-13)14-11(7)9-3-2-8(12)4-10(9)16/h2-4,6-7,13,16H,5H2,1H3/t7-/m1/s1. The molecule has 0 spiro atoms. The van der Waals surface area contributed by atoms with Crippen LogP contribution in [0.2, 0.25) is 0 Å². The number of nitrogens with one attached hydrogen (secondary N) is 1. The molecule has 84 valence electrons. The topological polar surface area (TPSA) is 59.7 Å². The smallest absolute Gasteiger partial charge is 0.127 e. The van der Waals surface area contributed by atoms with E-state index in [1.807, 2.05) is 6.92 Å². The van der Waals surface area contributed by atoms with Crippen molar-refractivity contribution in [2.75, 3.05) is 6.54 Å². The van der Waals surface area contributed by atoms with Crippen molar-refractivity contribution in [2.45, 2.75) is 6.92 Å². The summed E-state index contributed by atoms with van der Waals surface area (Å²) in [5.41, 5.74) is 1.21. The summed E-state index contributed by atoms with van der Waals surface area (Å²) in [6.07, 6.45) is 1.13. The minimum absolute atomic E-state index is 0.109. The van der Waals surface area contributed by atoms with Gasteiger partial charge in [0.25, 0.3) is 0 Å². The number of benzene rings is 1. The third kappa shape index (κ3) is 1.76. The molecule has 0 saturated heterocycles. The lowest BCUT2D eigenvalue weighted by Crippen LogP contribution is -2.15. The van der Waals surface area contributed by atoms with Gasteiger partial charge in [-0.15, -0.1) is 0 Å². The maximum atomic E-state index is 12.8. The molecule has 2 N–H and O–H groups in total. The van der Waals surface area contributed by atoms with Crippen LogP contribution < -0.4 is 0 Å². The van der Waals surface area contributed by atoms with Crippen molar-refractivity contribution < 1.29 is 9.50 Å². The lowest BCUT2D eigenvalue weighted by atomic mass is 9.98. The van der Waals surface area contributed by atoms with Crippen LogP contribution in [0.4, 0.5) is 4.39 Å². The second kappa shape index (κ2) is 3.92. The summed E-state index contributed by atoms with van der Waals surface area (Å²) >= 11 is 0. The zero-order valence-electron chi connectivity index (χ0n) is 8.81. The molecular formula is C11H12FN3O. The molecule has 1 heterocycles. The first-order valence-electron chi connectivity index (χ1n) is 4.96. The Morgan fingerprint density at radius 3 is 2.94 bits per heavy atom. The molecule has 1 aromatic carbocycles. The number of hydrogen-bond donors (Lipinski definition) is 2. The van der Waals surface area contributed by atoms with Gasteiger partial charge < -0.3 is 5.11 Å². The van der Waals surface area contributed by atoms with E-state index in [1.54, 1.807) is 0 Å². The number of hydrogen-bond acceptors (Lipinski definition) is 3.